The van der Waals surface area contributed by atoms with Crippen LogP contribution < -0.4 is 10.6 Å². The highest BCUT2D eigenvalue weighted by atomic mass is 16.4. The molecule has 6 nitrogen and oxygen atoms in total. The van der Waals surface area contributed by atoms with Crippen molar-refractivity contribution in [2.75, 3.05) is 0 Å². The number of nitrogens with one attached hydrogen (secondary N) is 2. The van der Waals surface area contributed by atoms with Gasteiger partial charge in [-0.1, -0.05) is 0 Å². The molecule has 0 saturated carbocycles. The highest BCUT2D eigenvalue weighted by Gasteiger charge is 2.25. The van der Waals surface area contributed by atoms with Crippen molar-refractivity contribution >= 4 is 17.9 Å². The standard InChI is InChI=1S/C6H8N2O4/c9-4-2-1-3(5(10)11)7-6(12)8-4/h3H,1-2H2,(H,10,11)(H2,7,8,9,12)/t3-/m1/s1. The number of carbonyl (C=O) groups is 3. The van der Waals surface area contributed by atoms with Gasteiger partial charge in [-0.05, 0) is 6.42 Å². The number of aliphatic carboxylic acids is 1. The van der Waals surface area contributed by atoms with E-state index in [-0.39, 0.29) is 12.8 Å². The molecule has 1 heterocycles. The first kappa shape index (κ1) is 8.51. The van der Waals surface area contributed by atoms with Crippen LogP contribution in [0.2, 0.25) is 0 Å². The summed E-state index contributed by atoms with van der Waals surface area (Å²) in [7, 11) is 0. The van der Waals surface area contributed by atoms with E-state index < -0.39 is 23.9 Å². The van der Waals surface area contributed by atoms with Gasteiger partial charge in [0, 0.05) is 6.42 Å². The lowest BCUT2D eigenvalue weighted by atomic mass is 10.1. The maximum Gasteiger partial charge on any atom is 0.326 e. The van der Waals surface area contributed by atoms with Crippen LogP contribution in [0.5, 0.6) is 0 Å². The molecule has 0 radical (unpaired) electrons. The van der Waals surface area contributed by atoms with Crippen molar-refractivity contribution in [3.05, 3.63) is 0 Å². The Morgan fingerprint density at radius 2 is 2.17 bits per heavy atom. The molecular weight excluding hydrogens is 164 g/mol. The number of hydrogen-bond donors (Lipinski definition) is 3. The topological polar surface area (TPSA) is 95.5 Å². The summed E-state index contributed by atoms with van der Waals surface area (Å²) in [5, 5.41) is 12.6. The third-order valence-corrected chi connectivity index (χ3v) is 1.52. The van der Waals surface area contributed by atoms with E-state index >= 15 is 0 Å². The zero-order valence-electron chi connectivity index (χ0n) is 6.16. The number of amides is 3. The zero-order valence-corrected chi connectivity index (χ0v) is 6.16. The van der Waals surface area contributed by atoms with Crippen molar-refractivity contribution in [3.8, 4) is 0 Å². The fourth-order valence-corrected chi connectivity index (χ4v) is 0.916. The maximum absolute atomic E-state index is 10.7. The lowest BCUT2D eigenvalue weighted by molar-refractivity contribution is -0.139. The molecule has 1 aliphatic rings. The Bertz CT molecular complexity index is 238. The summed E-state index contributed by atoms with van der Waals surface area (Å²) >= 11 is 0. The Balaban J connectivity index is 2.64. The number of carboxylic acid groups (broad SMARTS) is 1. The molecule has 1 aliphatic heterocycles. The molecule has 66 valence electrons. The lowest BCUT2D eigenvalue weighted by Gasteiger charge is -2.07. The molecule has 6 heteroatoms. The van der Waals surface area contributed by atoms with Crippen molar-refractivity contribution in [1.29, 1.82) is 0 Å². The molecule has 12 heavy (non-hydrogen) atoms. The van der Waals surface area contributed by atoms with Crippen LogP contribution in [0.3, 0.4) is 0 Å². The van der Waals surface area contributed by atoms with Gasteiger partial charge in [-0.25, -0.2) is 9.59 Å². The minimum atomic E-state index is -1.13. The van der Waals surface area contributed by atoms with Gasteiger partial charge in [-0.15, -0.1) is 0 Å². The Morgan fingerprint density at radius 1 is 1.50 bits per heavy atom. The molecule has 0 spiro atoms. The van der Waals surface area contributed by atoms with Crippen LogP contribution in [0.15, 0.2) is 0 Å². The molecule has 1 saturated heterocycles. The smallest absolute Gasteiger partial charge is 0.326 e. The summed E-state index contributed by atoms with van der Waals surface area (Å²) in [4.78, 5) is 31.8. The molecule has 1 fully saturated rings. The summed E-state index contributed by atoms with van der Waals surface area (Å²) in [5.41, 5.74) is 0. The number of carboxylic acids is 1. The second kappa shape index (κ2) is 3.21. The van der Waals surface area contributed by atoms with E-state index in [4.69, 9.17) is 5.11 Å². The molecule has 0 aromatic carbocycles. The van der Waals surface area contributed by atoms with E-state index in [2.05, 4.69) is 5.32 Å². The maximum atomic E-state index is 10.7. The van der Waals surface area contributed by atoms with E-state index in [0.717, 1.165) is 0 Å². The van der Waals surface area contributed by atoms with Gasteiger partial charge < -0.3 is 10.4 Å². The summed E-state index contributed by atoms with van der Waals surface area (Å²) in [5.74, 6) is -1.57. The monoisotopic (exact) mass is 172 g/mol. The first-order valence-electron chi connectivity index (χ1n) is 3.43. The van der Waals surface area contributed by atoms with E-state index in [1.807, 2.05) is 5.32 Å². The second-order valence-electron chi connectivity index (χ2n) is 2.45. The van der Waals surface area contributed by atoms with Crippen LogP contribution in [0.25, 0.3) is 0 Å². The second-order valence-corrected chi connectivity index (χ2v) is 2.45. The number of rotatable bonds is 1. The quantitative estimate of drug-likeness (QED) is 0.475. The molecule has 3 N–H and O–H groups in total. The van der Waals surface area contributed by atoms with Gasteiger partial charge in [0.05, 0.1) is 0 Å². The number of imide groups is 1. The third-order valence-electron chi connectivity index (χ3n) is 1.52. The number of carbonyl (C=O) groups excluding carboxylic acids is 2. The van der Waals surface area contributed by atoms with E-state index in [1.165, 1.54) is 0 Å². The molecule has 1 atom stereocenters. The Kier molecular flexibility index (Phi) is 2.27. The lowest BCUT2D eigenvalue weighted by Crippen LogP contribution is -2.43. The zero-order chi connectivity index (χ0) is 9.14. The van der Waals surface area contributed by atoms with Crippen molar-refractivity contribution in [2.45, 2.75) is 18.9 Å². The number of urea groups is 1. The minimum absolute atomic E-state index is 0.0513. The van der Waals surface area contributed by atoms with Crippen molar-refractivity contribution in [1.82, 2.24) is 10.6 Å². The van der Waals surface area contributed by atoms with Gasteiger partial charge in [0.15, 0.2) is 0 Å². The van der Waals surface area contributed by atoms with Crippen LogP contribution in [0, 0.1) is 0 Å². The Hall–Kier alpha value is -1.59. The van der Waals surface area contributed by atoms with E-state index in [1.54, 1.807) is 0 Å². The van der Waals surface area contributed by atoms with Crippen molar-refractivity contribution in [3.63, 3.8) is 0 Å². The van der Waals surface area contributed by atoms with Gasteiger partial charge >= 0.3 is 12.0 Å². The molecule has 0 unspecified atom stereocenters. The molecular formula is C6H8N2O4. The largest absolute Gasteiger partial charge is 0.480 e. The third kappa shape index (κ3) is 1.94. The highest BCUT2D eigenvalue weighted by molar-refractivity contribution is 5.97. The first-order valence-corrected chi connectivity index (χ1v) is 3.43. The Labute approximate surface area is 67.9 Å². The predicted octanol–water partition coefficient (Wildman–Crippen LogP) is -0.941. The Morgan fingerprint density at radius 3 is 2.75 bits per heavy atom. The summed E-state index contributed by atoms with van der Waals surface area (Å²) in [6.07, 6.45) is 0.183. The molecule has 0 aliphatic carbocycles. The van der Waals surface area contributed by atoms with Crippen molar-refractivity contribution < 1.29 is 19.5 Å². The highest BCUT2D eigenvalue weighted by Crippen LogP contribution is 2.01. The first-order chi connectivity index (χ1) is 5.59. The fourth-order valence-electron chi connectivity index (χ4n) is 0.916. The van der Waals surface area contributed by atoms with Crippen LogP contribution in [0.4, 0.5) is 4.79 Å². The van der Waals surface area contributed by atoms with E-state index in [0.29, 0.717) is 0 Å². The molecule has 3 amide bonds. The average molecular weight is 172 g/mol. The van der Waals surface area contributed by atoms with Gasteiger partial charge in [0.1, 0.15) is 6.04 Å². The summed E-state index contributed by atoms with van der Waals surface area (Å²) in [6.45, 7) is 0. The SMILES string of the molecule is O=C1CC[C@H](C(=O)O)NC(=O)N1. The predicted molar refractivity (Wildman–Crippen MR) is 37.3 cm³/mol. The van der Waals surface area contributed by atoms with E-state index in [9.17, 15) is 14.4 Å². The van der Waals surface area contributed by atoms with Crippen LogP contribution in [-0.2, 0) is 9.59 Å². The fraction of sp³-hybridized carbons (Fsp3) is 0.500. The van der Waals surface area contributed by atoms with Gasteiger partial charge in [0.25, 0.3) is 0 Å². The van der Waals surface area contributed by atoms with Crippen LogP contribution >= 0.6 is 0 Å². The molecule has 1 rings (SSSR count). The van der Waals surface area contributed by atoms with Crippen molar-refractivity contribution in [2.24, 2.45) is 0 Å². The molecule has 0 bridgehead atoms. The number of hydrogen-bond acceptors (Lipinski definition) is 3. The van der Waals surface area contributed by atoms with Crippen LogP contribution in [0.1, 0.15) is 12.8 Å². The van der Waals surface area contributed by atoms with Gasteiger partial charge in [-0.2, -0.15) is 0 Å². The normalized spacial score (nSPS) is 23.8. The van der Waals surface area contributed by atoms with Crippen LogP contribution in [-0.4, -0.2) is 29.1 Å². The minimum Gasteiger partial charge on any atom is -0.480 e. The molecule has 0 aromatic heterocycles. The average Bonchev–Trinajstić information content (AvgIpc) is 2.11. The summed E-state index contributed by atoms with van der Waals surface area (Å²) < 4.78 is 0. The van der Waals surface area contributed by atoms with Gasteiger partial charge in [0.2, 0.25) is 5.91 Å². The van der Waals surface area contributed by atoms with Gasteiger partial charge in [-0.3, -0.25) is 10.1 Å². The summed E-state index contributed by atoms with van der Waals surface area (Å²) in [6, 6.07) is -1.71. The molecule has 0 aromatic rings.